The van der Waals surface area contributed by atoms with E-state index in [2.05, 4.69) is 10.3 Å². The first-order valence-electron chi connectivity index (χ1n) is 6.03. The van der Waals surface area contributed by atoms with Crippen molar-refractivity contribution >= 4 is 28.9 Å². The summed E-state index contributed by atoms with van der Waals surface area (Å²) in [5.74, 6) is -1.79. The predicted octanol–water partition coefficient (Wildman–Crippen LogP) is 1.67. The molecule has 0 bridgehead atoms. The standard InChI is InChI=1S/C15H11N3O3/c1-9(19)17-13(15(20)21)7-11-6-10-4-2-3-5-12(10)18-14(11)8-16/h2-7H,1H3,(H,17,19)(H,20,21)/b13-7+. The van der Waals surface area contributed by atoms with E-state index in [0.717, 1.165) is 5.39 Å². The number of carbonyl (C=O) groups excluding carboxylic acids is 1. The van der Waals surface area contributed by atoms with Crippen LogP contribution in [0.4, 0.5) is 0 Å². The number of aliphatic carboxylic acids is 1. The van der Waals surface area contributed by atoms with E-state index in [1.807, 2.05) is 12.1 Å². The fourth-order valence-electron chi connectivity index (χ4n) is 1.83. The number of benzene rings is 1. The van der Waals surface area contributed by atoms with Gasteiger partial charge in [-0.3, -0.25) is 4.79 Å². The molecule has 21 heavy (non-hydrogen) atoms. The van der Waals surface area contributed by atoms with Crippen LogP contribution in [0.1, 0.15) is 18.2 Å². The lowest BCUT2D eigenvalue weighted by Gasteiger charge is -2.05. The van der Waals surface area contributed by atoms with Crippen LogP contribution in [0.25, 0.3) is 17.0 Å². The smallest absolute Gasteiger partial charge is 0.352 e. The Bertz CT molecular complexity index is 803. The molecule has 1 amide bonds. The number of pyridine rings is 1. The second kappa shape index (κ2) is 5.84. The highest BCUT2D eigenvalue weighted by molar-refractivity contribution is 5.97. The second-order valence-corrected chi connectivity index (χ2v) is 4.28. The lowest BCUT2D eigenvalue weighted by atomic mass is 10.1. The summed E-state index contributed by atoms with van der Waals surface area (Å²) in [5.41, 5.74) is 0.763. The molecule has 0 radical (unpaired) electrons. The topological polar surface area (TPSA) is 103 Å². The van der Waals surface area contributed by atoms with Crippen molar-refractivity contribution in [3.8, 4) is 6.07 Å². The van der Waals surface area contributed by atoms with E-state index in [1.165, 1.54) is 13.0 Å². The molecule has 2 rings (SSSR count). The van der Waals surface area contributed by atoms with Gasteiger partial charge in [0.05, 0.1) is 5.52 Å². The van der Waals surface area contributed by atoms with E-state index in [0.29, 0.717) is 11.1 Å². The van der Waals surface area contributed by atoms with Crippen LogP contribution in [0.15, 0.2) is 36.0 Å². The van der Waals surface area contributed by atoms with E-state index in [1.54, 1.807) is 24.3 Å². The number of rotatable bonds is 3. The summed E-state index contributed by atoms with van der Waals surface area (Å²) < 4.78 is 0. The van der Waals surface area contributed by atoms with Gasteiger partial charge in [0.25, 0.3) is 0 Å². The van der Waals surface area contributed by atoms with Crippen molar-refractivity contribution in [2.75, 3.05) is 0 Å². The number of hydrogen-bond donors (Lipinski definition) is 2. The van der Waals surface area contributed by atoms with Crippen molar-refractivity contribution in [2.45, 2.75) is 6.92 Å². The number of aromatic nitrogens is 1. The lowest BCUT2D eigenvalue weighted by Crippen LogP contribution is -2.24. The van der Waals surface area contributed by atoms with Gasteiger partial charge in [-0.15, -0.1) is 0 Å². The quantitative estimate of drug-likeness (QED) is 0.833. The Kier molecular flexibility index (Phi) is 3.95. The van der Waals surface area contributed by atoms with Gasteiger partial charge in [-0.25, -0.2) is 9.78 Å². The van der Waals surface area contributed by atoms with Gasteiger partial charge in [-0.05, 0) is 18.2 Å². The van der Waals surface area contributed by atoms with E-state index in [-0.39, 0.29) is 11.4 Å². The van der Waals surface area contributed by atoms with Crippen LogP contribution in [0.5, 0.6) is 0 Å². The number of carbonyl (C=O) groups is 2. The molecule has 1 aromatic heterocycles. The van der Waals surface area contributed by atoms with Crippen LogP contribution >= 0.6 is 0 Å². The summed E-state index contributed by atoms with van der Waals surface area (Å²) in [6.07, 6.45) is 1.22. The first-order chi connectivity index (χ1) is 10.0. The van der Waals surface area contributed by atoms with E-state index in [4.69, 9.17) is 10.4 Å². The SMILES string of the molecule is CC(=O)N/C(=C/c1cc2ccccc2nc1C#N)C(=O)O. The maximum atomic E-state index is 11.1. The molecule has 2 N–H and O–H groups in total. The van der Waals surface area contributed by atoms with Gasteiger partial charge in [0.15, 0.2) is 0 Å². The molecular formula is C15H11N3O3. The summed E-state index contributed by atoms with van der Waals surface area (Å²) in [6.45, 7) is 1.21. The molecule has 1 aromatic carbocycles. The molecule has 0 unspecified atom stereocenters. The number of nitrogens with zero attached hydrogens (tertiary/aromatic N) is 2. The zero-order chi connectivity index (χ0) is 15.4. The Hall–Kier alpha value is -3.20. The van der Waals surface area contributed by atoms with E-state index < -0.39 is 11.9 Å². The second-order valence-electron chi connectivity index (χ2n) is 4.28. The largest absolute Gasteiger partial charge is 0.477 e. The summed E-state index contributed by atoms with van der Waals surface area (Å²) in [6, 6.07) is 10.8. The number of nitriles is 1. The molecule has 0 spiro atoms. The molecule has 0 saturated heterocycles. The van der Waals surface area contributed by atoms with Crippen molar-refractivity contribution in [2.24, 2.45) is 0 Å². The van der Waals surface area contributed by atoms with Crippen LogP contribution in [-0.2, 0) is 9.59 Å². The first-order valence-corrected chi connectivity index (χ1v) is 6.03. The minimum atomic E-state index is -1.29. The number of carboxylic acids is 1. The summed E-state index contributed by atoms with van der Waals surface area (Å²) >= 11 is 0. The monoisotopic (exact) mass is 281 g/mol. The first kappa shape index (κ1) is 14.2. The number of para-hydroxylation sites is 1. The van der Waals surface area contributed by atoms with Gasteiger partial charge < -0.3 is 10.4 Å². The van der Waals surface area contributed by atoms with Crippen LogP contribution < -0.4 is 5.32 Å². The molecule has 6 nitrogen and oxygen atoms in total. The maximum absolute atomic E-state index is 11.1. The third-order valence-electron chi connectivity index (χ3n) is 2.70. The van der Waals surface area contributed by atoms with Crippen LogP contribution in [0.3, 0.4) is 0 Å². The molecule has 0 fully saturated rings. The van der Waals surface area contributed by atoms with Crippen LogP contribution in [-0.4, -0.2) is 22.0 Å². The highest BCUT2D eigenvalue weighted by atomic mass is 16.4. The molecule has 0 atom stereocenters. The highest BCUT2D eigenvalue weighted by Crippen LogP contribution is 2.18. The Morgan fingerprint density at radius 3 is 2.71 bits per heavy atom. The average molecular weight is 281 g/mol. The third kappa shape index (κ3) is 3.22. The molecule has 0 aliphatic rings. The molecule has 0 saturated carbocycles. The van der Waals surface area contributed by atoms with E-state index in [9.17, 15) is 9.59 Å². The van der Waals surface area contributed by atoms with Gasteiger partial charge in [-0.2, -0.15) is 5.26 Å². The van der Waals surface area contributed by atoms with Gasteiger partial charge in [0.2, 0.25) is 5.91 Å². The van der Waals surface area contributed by atoms with Crippen molar-refractivity contribution in [3.63, 3.8) is 0 Å². The fraction of sp³-hybridized carbons (Fsp3) is 0.0667. The van der Waals surface area contributed by atoms with E-state index >= 15 is 0 Å². The van der Waals surface area contributed by atoms with Crippen molar-refractivity contribution in [1.82, 2.24) is 10.3 Å². The third-order valence-corrected chi connectivity index (χ3v) is 2.70. The van der Waals surface area contributed by atoms with Gasteiger partial charge >= 0.3 is 5.97 Å². The Morgan fingerprint density at radius 1 is 1.38 bits per heavy atom. The summed E-state index contributed by atoms with van der Waals surface area (Å²) in [7, 11) is 0. The number of amides is 1. The molecule has 2 aromatic rings. The zero-order valence-corrected chi connectivity index (χ0v) is 11.1. The molecule has 0 aliphatic heterocycles. The fourth-order valence-corrected chi connectivity index (χ4v) is 1.83. The average Bonchev–Trinajstić information content (AvgIpc) is 2.45. The predicted molar refractivity (Wildman–Crippen MR) is 75.9 cm³/mol. The van der Waals surface area contributed by atoms with Gasteiger partial charge in [0, 0.05) is 17.9 Å². The lowest BCUT2D eigenvalue weighted by molar-refractivity contribution is -0.134. The van der Waals surface area contributed by atoms with Gasteiger partial charge in [0.1, 0.15) is 17.5 Å². The molecule has 0 aliphatic carbocycles. The molecule has 6 heteroatoms. The Morgan fingerprint density at radius 2 is 2.10 bits per heavy atom. The molecule has 104 valence electrons. The number of fused-ring (bicyclic) bond motifs is 1. The number of nitrogens with one attached hydrogen (secondary N) is 1. The maximum Gasteiger partial charge on any atom is 0.352 e. The minimum absolute atomic E-state index is 0.0952. The van der Waals surface area contributed by atoms with Gasteiger partial charge in [-0.1, -0.05) is 18.2 Å². The van der Waals surface area contributed by atoms with Crippen molar-refractivity contribution in [1.29, 1.82) is 5.26 Å². The van der Waals surface area contributed by atoms with Crippen LogP contribution in [0.2, 0.25) is 0 Å². The van der Waals surface area contributed by atoms with Crippen LogP contribution in [0, 0.1) is 11.3 Å². The molecule has 1 heterocycles. The Balaban J connectivity index is 2.61. The normalized spacial score (nSPS) is 11.0. The molecular weight excluding hydrogens is 270 g/mol. The minimum Gasteiger partial charge on any atom is -0.477 e. The van der Waals surface area contributed by atoms with Crippen molar-refractivity contribution < 1.29 is 14.7 Å². The van der Waals surface area contributed by atoms with Crippen molar-refractivity contribution in [3.05, 3.63) is 47.3 Å². The number of hydrogen-bond acceptors (Lipinski definition) is 4. The number of carboxylic acid groups (broad SMARTS) is 1. The zero-order valence-electron chi connectivity index (χ0n) is 11.1. The summed E-state index contributed by atoms with van der Waals surface area (Å²) in [4.78, 5) is 26.3. The highest BCUT2D eigenvalue weighted by Gasteiger charge is 2.12. The summed E-state index contributed by atoms with van der Waals surface area (Å²) in [5, 5.41) is 21.2. The Labute approximate surface area is 120 Å².